The van der Waals surface area contributed by atoms with Crippen LogP contribution in [0.4, 0.5) is 0 Å². The Kier molecular flexibility index (Phi) is 5.78. The Morgan fingerprint density at radius 1 is 1.14 bits per heavy atom. The molecule has 3 N–H and O–H groups in total. The largest absolute Gasteiger partial charge is 0.478 e. The Morgan fingerprint density at radius 2 is 1.93 bits per heavy atom. The molecule has 2 heterocycles. The lowest BCUT2D eigenvalue weighted by Gasteiger charge is -2.03. The van der Waals surface area contributed by atoms with Crippen molar-refractivity contribution in [3.8, 4) is 0 Å². The summed E-state index contributed by atoms with van der Waals surface area (Å²) >= 11 is 0. The minimum atomic E-state index is -0.950. The van der Waals surface area contributed by atoms with Gasteiger partial charge in [-0.2, -0.15) is 0 Å². The maximum Gasteiger partial charge on any atom is 0.338 e. The maximum atomic E-state index is 11.7. The highest BCUT2D eigenvalue weighted by Crippen LogP contribution is 2.30. The van der Waals surface area contributed by atoms with Gasteiger partial charge in [-0.1, -0.05) is 48.5 Å². The lowest BCUT2D eigenvalue weighted by molar-refractivity contribution is 0.0698. The van der Waals surface area contributed by atoms with Crippen LogP contribution in [0.15, 0.2) is 54.7 Å². The molecule has 0 radical (unpaired) electrons. The average Bonchev–Trinajstić information content (AvgIpc) is 3.06. The summed E-state index contributed by atoms with van der Waals surface area (Å²) in [4.78, 5) is 19.7. The Morgan fingerprint density at radius 3 is 2.64 bits per heavy atom. The van der Waals surface area contributed by atoms with Gasteiger partial charge in [-0.3, -0.25) is 0 Å². The van der Waals surface area contributed by atoms with Crippen LogP contribution < -0.4 is 5.32 Å². The molecule has 0 unspecified atom stereocenters. The number of hydrogen-bond acceptors (Lipinski definition) is 3. The lowest BCUT2D eigenvalue weighted by Crippen LogP contribution is -2.09. The van der Waals surface area contributed by atoms with Crippen LogP contribution in [0, 0.1) is 0 Å². The molecule has 0 fully saturated rings. The molecule has 28 heavy (non-hydrogen) atoms. The molecule has 0 saturated heterocycles. The van der Waals surface area contributed by atoms with E-state index in [0.717, 1.165) is 27.5 Å². The SMILES string of the molecule is CNCc1nc2c(ccc3c[nH]c(C=Cc4ccccc4)cc32)c1C(=O)O.Cl. The number of nitrogens with zero attached hydrogens (tertiary/aromatic N) is 1. The number of benzene rings is 2. The molecule has 0 spiro atoms. The standard InChI is InChI=1S/C22H19N3O2.ClH/c1-23-13-19-20(22(26)27)17-10-8-15-12-24-16(11-18(15)21(17)25-19)9-7-14-5-3-2-4-6-14;/h2-12,23-24H,13H2,1H3,(H,26,27);1H. The topological polar surface area (TPSA) is 78.0 Å². The molecule has 0 amide bonds. The molecule has 4 rings (SSSR count). The molecule has 4 aromatic rings. The summed E-state index contributed by atoms with van der Waals surface area (Å²) in [6.07, 6.45) is 5.96. The molecule has 6 heteroatoms. The number of aromatic nitrogens is 2. The van der Waals surface area contributed by atoms with Crippen molar-refractivity contribution in [3.63, 3.8) is 0 Å². The van der Waals surface area contributed by atoms with Crippen molar-refractivity contribution in [2.24, 2.45) is 0 Å². The molecule has 0 aliphatic heterocycles. The highest BCUT2D eigenvalue weighted by Gasteiger charge is 2.19. The minimum absolute atomic E-state index is 0. The Hall–Kier alpha value is -3.15. The number of halogens is 1. The van der Waals surface area contributed by atoms with Crippen LogP contribution in [-0.4, -0.2) is 28.1 Å². The zero-order chi connectivity index (χ0) is 18.8. The highest BCUT2D eigenvalue weighted by atomic mass is 35.5. The van der Waals surface area contributed by atoms with Gasteiger partial charge in [0.1, 0.15) is 0 Å². The van der Waals surface area contributed by atoms with E-state index < -0.39 is 5.97 Å². The summed E-state index contributed by atoms with van der Waals surface area (Å²) in [6, 6.07) is 15.8. The summed E-state index contributed by atoms with van der Waals surface area (Å²) in [5.41, 5.74) is 3.59. The predicted molar refractivity (Wildman–Crippen MR) is 116 cm³/mol. The van der Waals surface area contributed by atoms with Crippen molar-refractivity contribution in [3.05, 3.63) is 77.2 Å². The minimum Gasteiger partial charge on any atom is -0.478 e. The summed E-state index contributed by atoms with van der Waals surface area (Å²) < 4.78 is 0. The van der Waals surface area contributed by atoms with Crippen molar-refractivity contribution >= 4 is 52.2 Å². The van der Waals surface area contributed by atoms with Gasteiger partial charge in [-0.15, -0.1) is 12.4 Å². The normalized spacial score (nSPS) is 11.2. The monoisotopic (exact) mass is 393 g/mol. The molecular weight excluding hydrogens is 374 g/mol. The van der Waals surface area contributed by atoms with Crippen LogP contribution in [0.25, 0.3) is 33.8 Å². The van der Waals surface area contributed by atoms with E-state index in [2.05, 4.69) is 15.3 Å². The third-order valence-electron chi connectivity index (χ3n) is 4.56. The summed E-state index contributed by atoms with van der Waals surface area (Å²) in [5.74, 6) is -0.950. The summed E-state index contributed by atoms with van der Waals surface area (Å²) in [6.45, 7) is 0.414. The molecule has 2 aromatic heterocycles. The lowest BCUT2D eigenvalue weighted by atomic mass is 10.1. The van der Waals surface area contributed by atoms with Crippen molar-refractivity contribution < 1.29 is 9.90 Å². The maximum absolute atomic E-state index is 11.7. The van der Waals surface area contributed by atoms with E-state index >= 15 is 0 Å². The van der Waals surface area contributed by atoms with Crippen molar-refractivity contribution in [1.29, 1.82) is 0 Å². The molecule has 0 aliphatic carbocycles. The van der Waals surface area contributed by atoms with Crippen LogP contribution in [0.1, 0.15) is 27.3 Å². The number of H-pyrrole nitrogens is 1. The first kappa shape index (κ1) is 19.6. The number of carboxylic acids is 1. The number of aromatic carboxylic acids is 1. The zero-order valence-corrected chi connectivity index (χ0v) is 16.1. The third-order valence-corrected chi connectivity index (χ3v) is 4.56. The number of aromatic amines is 1. The van der Waals surface area contributed by atoms with Gasteiger partial charge in [0.2, 0.25) is 0 Å². The van der Waals surface area contributed by atoms with Gasteiger partial charge >= 0.3 is 5.97 Å². The molecule has 0 atom stereocenters. The Bertz CT molecular complexity index is 1170. The number of carbonyl (C=O) groups is 1. The number of rotatable bonds is 5. The molecule has 0 aliphatic rings. The number of carboxylic acid groups (broad SMARTS) is 1. The van der Waals surface area contributed by atoms with Crippen molar-refractivity contribution in [2.45, 2.75) is 6.54 Å². The molecule has 2 aromatic carbocycles. The Labute approximate surface area is 168 Å². The van der Waals surface area contributed by atoms with E-state index in [-0.39, 0.29) is 18.0 Å². The third kappa shape index (κ3) is 3.63. The van der Waals surface area contributed by atoms with Gasteiger partial charge in [-0.25, -0.2) is 9.78 Å². The quantitative estimate of drug-likeness (QED) is 0.458. The van der Waals surface area contributed by atoms with Gasteiger partial charge in [0, 0.05) is 29.2 Å². The number of hydrogen-bond donors (Lipinski definition) is 3. The fourth-order valence-electron chi connectivity index (χ4n) is 3.31. The van der Waals surface area contributed by atoms with E-state index in [1.807, 2.05) is 66.9 Å². The summed E-state index contributed by atoms with van der Waals surface area (Å²) in [5, 5.41) is 15.2. The van der Waals surface area contributed by atoms with Crippen LogP contribution in [0.2, 0.25) is 0 Å². The smallest absolute Gasteiger partial charge is 0.338 e. The number of nitrogens with one attached hydrogen (secondary N) is 2. The first-order valence-corrected chi connectivity index (χ1v) is 8.72. The first-order valence-electron chi connectivity index (χ1n) is 8.72. The van der Waals surface area contributed by atoms with Gasteiger partial charge in [0.25, 0.3) is 0 Å². The van der Waals surface area contributed by atoms with Crippen molar-refractivity contribution in [2.75, 3.05) is 7.05 Å². The van der Waals surface area contributed by atoms with E-state index in [1.165, 1.54) is 0 Å². The zero-order valence-electron chi connectivity index (χ0n) is 15.3. The van der Waals surface area contributed by atoms with Gasteiger partial charge < -0.3 is 15.4 Å². The molecule has 142 valence electrons. The molecule has 0 bridgehead atoms. The van der Waals surface area contributed by atoms with Gasteiger partial charge in [-0.05, 0) is 30.1 Å². The summed E-state index contributed by atoms with van der Waals surface area (Å²) in [7, 11) is 1.78. The van der Waals surface area contributed by atoms with Crippen LogP contribution in [0.3, 0.4) is 0 Å². The first-order chi connectivity index (χ1) is 13.2. The van der Waals surface area contributed by atoms with Crippen LogP contribution >= 0.6 is 12.4 Å². The second-order valence-corrected chi connectivity index (χ2v) is 6.37. The second-order valence-electron chi connectivity index (χ2n) is 6.37. The average molecular weight is 394 g/mol. The van der Waals surface area contributed by atoms with E-state index in [4.69, 9.17) is 0 Å². The van der Waals surface area contributed by atoms with Crippen molar-refractivity contribution in [1.82, 2.24) is 15.3 Å². The number of pyridine rings is 1. The van der Waals surface area contributed by atoms with Crippen LogP contribution in [0.5, 0.6) is 0 Å². The van der Waals surface area contributed by atoms with E-state index in [1.54, 1.807) is 7.05 Å². The van der Waals surface area contributed by atoms with E-state index in [0.29, 0.717) is 17.6 Å². The van der Waals surface area contributed by atoms with Crippen LogP contribution in [-0.2, 0) is 6.54 Å². The number of fused-ring (bicyclic) bond motifs is 3. The van der Waals surface area contributed by atoms with Gasteiger partial charge in [0.15, 0.2) is 0 Å². The highest BCUT2D eigenvalue weighted by molar-refractivity contribution is 6.13. The molecule has 0 saturated carbocycles. The second kappa shape index (κ2) is 8.25. The molecular formula is C22H20ClN3O2. The van der Waals surface area contributed by atoms with E-state index in [9.17, 15) is 9.90 Å². The fraction of sp³-hybridized carbons (Fsp3) is 0.0909. The fourth-order valence-corrected chi connectivity index (χ4v) is 3.31. The van der Waals surface area contributed by atoms with Gasteiger partial charge in [0.05, 0.1) is 16.8 Å². The predicted octanol–water partition coefficient (Wildman–Crippen LogP) is 4.73. The molecule has 5 nitrogen and oxygen atoms in total. The Balaban J connectivity index is 0.00000225.